The summed E-state index contributed by atoms with van der Waals surface area (Å²) in [4.78, 5) is 0. The van der Waals surface area contributed by atoms with Gasteiger partial charge in [-0.1, -0.05) is 13.0 Å². The standard InChI is InChI=1S/C11H11BrFN3S/c1-2-6-16-10(14-15-11(16)17)7-4-3-5-8(12)9(7)13/h3-5H,2,6H2,1H3,(H,15,17). The minimum atomic E-state index is -0.321. The van der Waals surface area contributed by atoms with E-state index < -0.39 is 0 Å². The van der Waals surface area contributed by atoms with Gasteiger partial charge in [0.25, 0.3) is 0 Å². The highest BCUT2D eigenvalue weighted by Crippen LogP contribution is 2.26. The molecule has 2 rings (SSSR count). The Bertz CT molecular complexity index is 591. The van der Waals surface area contributed by atoms with E-state index in [9.17, 15) is 4.39 Å². The Balaban J connectivity index is 2.60. The molecule has 1 aromatic heterocycles. The van der Waals surface area contributed by atoms with E-state index in [1.807, 2.05) is 6.92 Å². The number of hydrogen-bond acceptors (Lipinski definition) is 2. The predicted octanol–water partition coefficient (Wildman–Crippen LogP) is 3.92. The van der Waals surface area contributed by atoms with E-state index in [0.29, 0.717) is 20.6 Å². The van der Waals surface area contributed by atoms with Gasteiger partial charge in [-0.15, -0.1) is 0 Å². The molecule has 1 N–H and O–H groups in total. The highest BCUT2D eigenvalue weighted by atomic mass is 79.9. The van der Waals surface area contributed by atoms with E-state index in [4.69, 9.17) is 12.2 Å². The third-order valence-electron chi connectivity index (χ3n) is 2.40. The lowest BCUT2D eigenvalue weighted by atomic mass is 10.2. The topological polar surface area (TPSA) is 33.6 Å². The Labute approximate surface area is 112 Å². The molecule has 17 heavy (non-hydrogen) atoms. The van der Waals surface area contributed by atoms with Crippen LogP contribution in [0.1, 0.15) is 13.3 Å². The van der Waals surface area contributed by atoms with Crippen LogP contribution in [0.5, 0.6) is 0 Å². The van der Waals surface area contributed by atoms with Crippen molar-refractivity contribution in [2.75, 3.05) is 0 Å². The molecule has 1 aromatic carbocycles. The lowest BCUT2D eigenvalue weighted by Gasteiger charge is -2.06. The van der Waals surface area contributed by atoms with E-state index in [-0.39, 0.29) is 5.82 Å². The van der Waals surface area contributed by atoms with Gasteiger partial charge in [0, 0.05) is 6.54 Å². The quantitative estimate of drug-likeness (QED) is 0.871. The number of aromatic nitrogens is 3. The molecule has 3 nitrogen and oxygen atoms in total. The Kier molecular flexibility index (Phi) is 3.73. The van der Waals surface area contributed by atoms with E-state index in [2.05, 4.69) is 26.1 Å². The first-order chi connectivity index (χ1) is 8.15. The van der Waals surface area contributed by atoms with E-state index in [0.717, 1.165) is 13.0 Å². The molecule has 6 heteroatoms. The maximum Gasteiger partial charge on any atom is 0.195 e. The molecule has 0 spiro atoms. The first-order valence-corrected chi connectivity index (χ1v) is 6.45. The van der Waals surface area contributed by atoms with E-state index in [1.54, 1.807) is 22.8 Å². The minimum absolute atomic E-state index is 0.321. The number of benzene rings is 1. The number of hydrogen-bond donors (Lipinski definition) is 1. The Hall–Kier alpha value is -1.01. The molecule has 0 saturated carbocycles. The van der Waals surface area contributed by atoms with Crippen LogP contribution in [0.2, 0.25) is 0 Å². The second-order valence-corrected chi connectivity index (χ2v) is 4.85. The number of halogens is 2. The van der Waals surface area contributed by atoms with Crippen LogP contribution in [-0.2, 0) is 6.54 Å². The maximum absolute atomic E-state index is 14.0. The molecule has 0 fully saturated rings. The Morgan fingerprint density at radius 1 is 1.53 bits per heavy atom. The largest absolute Gasteiger partial charge is 0.300 e. The first-order valence-electron chi connectivity index (χ1n) is 5.24. The molecule has 0 amide bonds. The SMILES string of the molecule is CCCn1c(-c2cccc(Br)c2F)n[nH]c1=S. The number of aromatic amines is 1. The molecular formula is C11H11BrFN3S. The van der Waals surface area contributed by atoms with Gasteiger partial charge in [-0.05, 0) is 46.7 Å². The molecule has 1 heterocycles. The summed E-state index contributed by atoms with van der Waals surface area (Å²) in [6.07, 6.45) is 0.913. The van der Waals surface area contributed by atoms with Gasteiger partial charge in [-0.3, -0.25) is 5.10 Å². The Morgan fingerprint density at radius 3 is 3.00 bits per heavy atom. The van der Waals surface area contributed by atoms with Gasteiger partial charge >= 0.3 is 0 Å². The number of nitrogens with zero attached hydrogens (tertiary/aromatic N) is 2. The molecule has 0 atom stereocenters. The molecule has 90 valence electrons. The van der Waals surface area contributed by atoms with Gasteiger partial charge in [0.1, 0.15) is 5.82 Å². The van der Waals surface area contributed by atoms with Crippen molar-refractivity contribution in [1.29, 1.82) is 0 Å². The average molecular weight is 316 g/mol. The lowest BCUT2D eigenvalue weighted by molar-refractivity contribution is 0.617. The smallest absolute Gasteiger partial charge is 0.195 e. The summed E-state index contributed by atoms with van der Waals surface area (Å²) in [6, 6.07) is 5.12. The first kappa shape index (κ1) is 12.4. The van der Waals surface area contributed by atoms with Crippen LogP contribution in [-0.4, -0.2) is 14.8 Å². The average Bonchev–Trinajstić information content (AvgIpc) is 2.66. The molecule has 0 aliphatic heterocycles. The maximum atomic E-state index is 14.0. The summed E-state index contributed by atoms with van der Waals surface area (Å²) in [7, 11) is 0. The Morgan fingerprint density at radius 2 is 2.29 bits per heavy atom. The fourth-order valence-corrected chi connectivity index (χ4v) is 2.22. The fourth-order valence-electron chi connectivity index (χ4n) is 1.63. The van der Waals surface area contributed by atoms with E-state index >= 15 is 0 Å². The van der Waals surface area contributed by atoms with Crippen molar-refractivity contribution in [1.82, 2.24) is 14.8 Å². The number of H-pyrrole nitrogens is 1. The summed E-state index contributed by atoms with van der Waals surface area (Å²) in [5, 5.41) is 6.79. The summed E-state index contributed by atoms with van der Waals surface area (Å²) < 4.78 is 16.7. The molecule has 0 aliphatic carbocycles. The molecule has 0 aliphatic rings. The summed E-state index contributed by atoms with van der Waals surface area (Å²) >= 11 is 8.29. The van der Waals surface area contributed by atoms with Crippen LogP contribution in [0.25, 0.3) is 11.4 Å². The van der Waals surface area contributed by atoms with Gasteiger partial charge in [0.15, 0.2) is 10.6 Å². The van der Waals surface area contributed by atoms with Gasteiger partial charge in [-0.25, -0.2) is 4.39 Å². The highest BCUT2D eigenvalue weighted by Gasteiger charge is 2.14. The number of rotatable bonds is 3. The van der Waals surface area contributed by atoms with Crippen molar-refractivity contribution >= 4 is 28.1 Å². The molecule has 0 unspecified atom stereocenters. The molecule has 0 bridgehead atoms. The molecule has 2 aromatic rings. The van der Waals surface area contributed by atoms with Gasteiger partial charge in [0.2, 0.25) is 0 Å². The van der Waals surface area contributed by atoms with Gasteiger partial charge < -0.3 is 4.57 Å². The van der Waals surface area contributed by atoms with Gasteiger partial charge in [-0.2, -0.15) is 5.10 Å². The van der Waals surface area contributed by atoms with Crippen LogP contribution in [0, 0.1) is 10.6 Å². The zero-order valence-corrected chi connectivity index (χ0v) is 11.6. The predicted molar refractivity (Wildman–Crippen MR) is 70.8 cm³/mol. The van der Waals surface area contributed by atoms with Crippen molar-refractivity contribution < 1.29 is 4.39 Å². The third-order valence-corrected chi connectivity index (χ3v) is 3.32. The van der Waals surface area contributed by atoms with Crippen molar-refractivity contribution in [3.8, 4) is 11.4 Å². The summed E-state index contributed by atoms with van der Waals surface area (Å²) in [5.41, 5.74) is 0.445. The molecule has 0 radical (unpaired) electrons. The third kappa shape index (κ3) is 2.32. The summed E-state index contributed by atoms with van der Waals surface area (Å²) in [6.45, 7) is 2.76. The van der Waals surface area contributed by atoms with Crippen LogP contribution >= 0.6 is 28.1 Å². The second-order valence-electron chi connectivity index (χ2n) is 3.61. The van der Waals surface area contributed by atoms with Crippen molar-refractivity contribution in [2.24, 2.45) is 0 Å². The fraction of sp³-hybridized carbons (Fsp3) is 0.273. The molecular weight excluding hydrogens is 305 g/mol. The van der Waals surface area contributed by atoms with Crippen molar-refractivity contribution in [3.63, 3.8) is 0 Å². The minimum Gasteiger partial charge on any atom is -0.300 e. The monoisotopic (exact) mass is 315 g/mol. The normalized spacial score (nSPS) is 10.8. The van der Waals surface area contributed by atoms with Crippen molar-refractivity contribution in [2.45, 2.75) is 19.9 Å². The zero-order valence-electron chi connectivity index (χ0n) is 9.20. The van der Waals surface area contributed by atoms with Crippen LogP contribution < -0.4 is 0 Å². The van der Waals surface area contributed by atoms with Crippen LogP contribution in [0.15, 0.2) is 22.7 Å². The van der Waals surface area contributed by atoms with E-state index in [1.165, 1.54) is 0 Å². The molecule has 0 saturated heterocycles. The number of nitrogens with one attached hydrogen (secondary N) is 1. The van der Waals surface area contributed by atoms with Crippen LogP contribution in [0.3, 0.4) is 0 Å². The second kappa shape index (κ2) is 5.10. The summed E-state index contributed by atoms with van der Waals surface area (Å²) in [5.74, 6) is 0.217. The van der Waals surface area contributed by atoms with Crippen LogP contribution in [0.4, 0.5) is 4.39 Å². The van der Waals surface area contributed by atoms with Gasteiger partial charge in [0.05, 0.1) is 10.0 Å². The van der Waals surface area contributed by atoms with Crippen molar-refractivity contribution in [3.05, 3.63) is 33.3 Å². The highest BCUT2D eigenvalue weighted by molar-refractivity contribution is 9.10. The lowest BCUT2D eigenvalue weighted by Crippen LogP contribution is -2.01. The zero-order chi connectivity index (χ0) is 12.4.